The topological polar surface area (TPSA) is 0 Å². The summed E-state index contributed by atoms with van der Waals surface area (Å²) in [5, 5.41) is 0. The standard InChI is InChI=1S/C15H20BrF/c1-2-3-11-4-9-14(15(17)10-11)12-5-7-13(16)8-6-12/h5-8,11,14-15H,2-4,9-10H2,1H3/t11-,14?,15?/m1/s1. The second kappa shape index (κ2) is 5.99. The van der Waals surface area contributed by atoms with Gasteiger partial charge in [0.05, 0.1) is 0 Å². The first-order chi connectivity index (χ1) is 8.20. The van der Waals surface area contributed by atoms with Crippen molar-refractivity contribution < 1.29 is 4.39 Å². The molecule has 0 spiro atoms. The van der Waals surface area contributed by atoms with Crippen LogP contribution in [0.1, 0.15) is 50.5 Å². The fraction of sp³-hybridized carbons (Fsp3) is 0.600. The molecular formula is C15H20BrF. The lowest BCUT2D eigenvalue weighted by Crippen LogP contribution is -2.24. The van der Waals surface area contributed by atoms with Crippen LogP contribution < -0.4 is 0 Å². The van der Waals surface area contributed by atoms with Crippen molar-refractivity contribution in [2.75, 3.05) is 0 Å². The number of alkyl halides is 1. The molecule has 2 heteroatoms. The fourth-order valence-corrected chi connectivity index (χ4v) is 3.22. The Bertz CT molecular complexity index is 346. The maximum absolute atomic E-state index is 14.2. The van der Waals surface area contributed by atoms with Gasteiger partial charge in [-0.25, -0.2) is 4.39 Å². The van der Waals surface area contributed by atoms with E-state index in [4.69, 9.17) is 0 Å². The summed E-state index contributed by atoms with van der Waals surface area (Å²) in [7, 11) is 0. The van der Waals surface area contributed by atoms with Gasteiger partial charge in [-0.15, -0.1) is 0 Å². The van der Waals surface area contributed by atoms with Crippen molar-refractivity contribution in [2.45, 2.75) is 51.1 Å². The third-order valence-electron chi connectivity index (χ3n) is 3.88. The predicted octanol–water partition coefficient (Wildman–Crippen LogP) is 5.47. The van der Waals surface area contributed by atoms with Crippen LogP contribution in [0.25, 0.3) is 0 Å². The number of benzene rings is 1. The van der Waals surface area contributed by atoms with Gasteiger partial charge in [0.2, 0.25) is 0 Å². The molecule has 0 radical (unpaired) electrons. The molecule has 1 aliphatic rings. The van der Waals surface area contributed by atoms with E-state index < -0.39 is 6.17 Å². The minimum Gasteiger partial charge on any atom is -0.247 e. The zero-order valence-electron chi connectivity index (χ0n) is 10.3. The fourth-order valence-electron chi connectivity index (χ4n) is 2.95. The van der Waals surface area contributed by atoms with Gasteiger partial charge in [0.15, 0.2) is 0 Å². The first-order valence-electron chi connectivity index (χ1n) is 6.60. The highest BCUT2D eigenvalue weighted by molar-refractivity contribution is 9.10. The number of hydrogen-bond acceptors (Lipinski definition) is 0. The van der Waals surface area contributed by atoms with Gasteiger partial charge in [0, 0.05) is 10.4 Å². The lowest BCUT2D eigenvalue weighted by Gasteiger charge is -2.32. The van der Waals surface area contributed by atoms with Crippen molar-refractivity contribution >= 4 is 15.9 Å². The number of rotatable bonds is 3. The summed E-state index contributed by atoms with van der Waals surface area (Å²) in [6, 6.07) is 8.14. The average Bonchev–Trinajstić information content (AvgIpc) is 2.31. The van der Waals surface area contributed by atoms with E-state index in [0.29, 0.717) is 5.92 Å². The normalized spacial score (nSPS) is 29.2. The second-order valence-corrected chi connectivity index (χ2v) is 6.06. The van der Waals surface area contributed by atoms with Gasteiger partial charge in [-0.1, -0.05) is 47.8 Å². The Morgan fingerprint density at radius 2 is 1.94 bits per heavy atom. The molecule has 0 nitrogen and oxygen atoms in total. The minimum atomic E-state index is -0.651. The van der Waals surface area contributed by atoms with Crippen LogP contribution in [0.3, 0.4) is 0 Å². The van der Waals surface area contributed by atoms with E-state index in [1.165, 1.54) is 19.3 Å². The van der Waals surface area contributed by atoms with Crippen LogP contribution >= 0.6 is 15.9 Å². The Labute approximate surface area is 112 Å². The summed E-state index contributed by atoms with van der Waals surface area (Å²) in [4.78, 5) is 0. The van der Waals surface area contributed by atoms with Crippen LogP contribution in [-0.2, 0) is 0 Å². The van der Waals surface area contributed by atoms with Gasteiger partial charge in [0.25, 0.3) is 0 Å². The van der Waals surface area contributed by atoms with Crippen molar-refractivity contribution in [3.63, 3.8) is 0 Å². The molecule has 1 fully saturated rings. The van der Waals surface area contributed by atoms with E-state index in [0.717, 1.165) is 22.9 Å². The van der Waals surface area contributed by atoms with Crippen LogP contribution in [0.5, 0.6) is 0 Å². The van der Waals surface area contributed by atoms with Gasteiger partial charge in [-0.3, -0.25) is 0 Å². The van der Waals surface area contributed by atoms with Gasteiger partial charge in [0.1, 0.15) is 6.17 Å². The molecule has 0 aliphatic heterocycles. The lowest BCUT2D eigenvalue weighted by atomic mass is 9.76. The predicted molar refractivity (Wildman–Crippen MR) is 74.0 cm³/mol. The molecule has 1 aromatic rings. The smallest absolute Gasteiger partial charge is 0.107 e. The van der Waals surface area contributed by atoms with Crippen LogP contribution in [0.2, 0.25) is 0 Å². The lowest BCUT2D eigenvalue weighted by molar-refractivity contribution is 0.163. The van der Waals surface area contributed by atoms with Gasteiger partial charge in [-0.2, -0.15) is 0 Å². The molecule has 0 heterocycles. The molecule has 94 valence electrons. The molecule has 0 saturated heterocycles. The quantitative estimate of drug-likeness (QED) is 0.694. The molecule has 1 aromatic carbocycles. The van der Waals surface area contributed by atoms with Crippen molar-refractivity contribution in [3.8, 4) is 0 Å². The maximum atomic E-state index is 14.2. The highest BCUT2D eigenvalue weighted by Gasteiger charge is 2.30. The van der Waals surface area contributed by atoms with Crippen molar-refractivity contribution in [1.29, 1.82) is 0 Å². The Morgan fingerprint density at radius 1 is 1.24 bits per heavy atom. The van der Waals surface area contributed by atoms with E-state index in [2.05, 4.69) is 35.0 Å². The minimum absolute atomic E-state index is 0.121. The van der Waals surface area contributed by atoms with Crippen LogP contribution in [-0.4, -0.2) is 6.17 Å². The Balaban J connectivity index is 2.01. The van der Waals surface area contributed by atoms with E-state index in [9.17, 15) is 4.39 Å². The molecule has 17 heavy (non-hydrogen) atoms. The average molecular weight is 299 g/mol. The first kappa shape index (κ1) is 13.1. The third-order valence-corrected chi connectivity index (χ3v) is 4.40. The summed E-state index contributed by atoms with van der Waals surface area (Å²) in [6.07, 6.45) is 4.67. The van der Waals surface area contributed by atoms with Crippen molar-refractivity contribution in [2.24, 2.45) is 5.92 Å². The van der Waals surface area contributed by atoms with Crippen molar-refractivity contribution in [1.82, 2.24) is 0 Å². The molecule has 0 bridgehead atoms. The highest BCUT2D eigenvalue weighted by Crippen LogP contribution is 2.39. The molecule has 1 aliphatic carbocycles. The zero-order chi connectivity index (χ0) is 12.3. The number of halogens is 2. The van der Waals surface area contributed by atoms with Gasteiger partial charge >= 0.3 is 0 Å². The zero-order valence-corrected chi connectivity index (χ0v) is 11.9. The maximum Gasteiger partial charge on any atom is 0.107 e. The second-order valence-electron chi connectivity index (χ2n) is 5.14. The third kappa shape index (κ3) is 3.31. The number of hydrogen-bond donors (Lipinski definition) is 0. The van der Waals surface area contributed by atoms with Gasteiger partial charge in [-0.05, 0) is 42.9 Å². The van der Waals surface area contributed by atoms with Crippen LogP contribution in [0.15, 0.2) is 28.7 Å². The molecule has 1 saturated carbocycles. The van der Waals surface area contributed by atoms with Gasteiger partial charge < -0.3 is 0 Å². The summed E-state index contributed by atoms with van der Waals surface area (Å²) < 4.78 is 15.3. The van der Waals surface area contributed by atoms with Crippen LogP contribution in [0, 0.1) is 5.92 Å². The largest absolute Gasteiger partial charge is 0.247 e. The molecule has 0 N–H and O–H groups in total. The molecule has 2 rings (SSSR count). The summed E-state index contributed by atoms with van der Waals surface area (Å²) in [6.45, 7) is 2.19. The summed E-state index contributed by atoms with van der Waals surface area (Å²) in [5.41, 5.74) is 1.16. The van der Waals surface area contributed by atoms with E-state index >= 15 is 0 Å². The molecular weight excluding hydrogens is 279 g/mol. The molecule has 2 unspecified atom stereocenters. The van der Waals surface area contributed by atoms with Crippen molar-refractivity contribution in [3.05, 3.63) is 34.3 Å². The Kier molecular flexibility index (Phi) is 4.61. The summed E-state index contributed by atoms with van der Waals surface area (Å²) in [5.74, 6) is 0.734. The highest BCUT2D eigenvalue weighted by atomic mass is 79.9. The van der Waals surface area contributed by atoms with E-state index in [1.54, 1.807) is 0 Å². The Hall–Kier alpha value is -0.370. The first-order valence-corrected chi connectivity index (χ1v) is 7.39. The molecule has 0 amide bonds. The summed E-state index contributed by atoms with van der Waals surface area (Å²) >= 11 is 3.42. The van der Waals surface area contributed by atoms with E-state index in [-0.39, 0.29) is 5.92 Å². The molecule has 0 aromatic heterocycles. The SMILES string of the molecule is CCC[C@@H]1CCC(c2ccc(Br)cc2)C(F)C1. The van der Waals surface area contributed by atoms with Crippen LogP contribution in [0.4, 0.5) is 4.39 Å². The monoisotopic (exact) mass is 298 g/mol. The molecule has 3 atom stereocenters. The Morgan fingerprint density at radius 3 is 2.53 bits per heavy atom. The van der Waals surface area contributed by atoms with E-state index in [1.807, 2.05) is 12.1 Å².